The fraction of sp³-hybridized carbons (Fsp3) is 0.400. The van der Waals surface area contributed by atoms with Gasteiger partial charge in [-0.25, -0.2) is 9.37 Å². The standard InChI is InChI=1S/C35H37FN4O3/c1-21-6-4-10-28(36)32(21)35(42)40-30-11-5-7-23(30)18-27(34(41)39-26-16-17-29-31(19-26)43-20-37-29)33(40)22-12-14-25(15-13-22)38-24-8-2-3-9-24/h4,6,10,12-17,19-20,23-24,27,30,33,38H,2-3,5,7-9,11,18H2,1H3,(H,39,41)/t23-,27+,30-,33+/m1/s1. The number of amides is 2. The van der Waals surface area contributed by atoms with E-state index in [0.717, 1.165) is 30.5 Å². The van der Waals surface area contributed by atoms with Crippen molar-refractivity contribution in [2.45, 2.75) is 76.4 Å². The first-order valence-electron chi connectivity index (χ1n) is 15.5. The maximum atomic E-state index is 15.3. The number of aromatic nitrogens is 1. The van der Waals surface area contributed by atoms with E-state index in [0.29, 0.717) is 34.8 Å². The highest BCUT2D eigenvalue weighted by atomic mass is 19.1. The maximum absolute atomic E-state index is 15.3. The molecule has 0 bridgehead atoms. The van der Waals surface area contributed by atoms with Crippen molar-refractivity contribution < 1.29 is 18.4 Å². The third-order valence-corrected chi connectivity index (χ3v) is 9.80. The Kier molecular flexibility index (Phi) is 7.37. The smallest absolute Gasteiger partial charge is 0.257 e. The molecule has 2 amide bonds. The van der Waals surface area contributed by atoms with Crippen LogP contribution in [-0.4, -0.2) is 33.8 Å². The average molecular weight is 581 g/mol. The molecule has 3 aliphatic rings. The third kappa shape index (κ3) is 5.28. The van der Waals surface area contributed by atoms with Gasteiger partial charge in [-0.05, 0) is 86.4 Å². The minimum atomic E-state index is -0.541. The fourth-order valence-electron chi connectivity index (χ4n) is 7.72. The van der Waals surface area contributed by atoms with E-state index in [4.69, 9.17) is 4.42 Å². The summed E-state index contributed by atoms with van der Waals surface area (Å²) in [7, 11) is 0. The topological polar surface area (TPSA) is 87.5 Å². The Balaban J connectivity index is 1.27. The molecule has 2 heterocycles. The van der Waals surface area contributed by atoms with Crippen molar-refractivity contribution in [3.63, 3.8) is 0 Å². The molecule has 4 atom stereocenters. The molecule has 8 heteroatoms. The molecule has 0 unspecified atom stereocenters. The molecule has 2 aliphatic carbocycles. The second kappa shape index (κ2) is 11.5. The Bertz CT molecular complexity index is 1620. The van der Waals surface area contributed by atoms with Crippen LogP contribution in [0.1, 0.15) is 78.9 Å². The number of aryl methyl sites for hydroxylation is 1. The number of nitrogens with one attached hydrogen (secondary N) is 2. The lowest BCUT2D eigenvalue weighted by atomic mass is 9.76. The lowest BCUT2D eigenvalue weighted by molar-refractivity contribution is -0.125. The van der Waals surface area contributed by atoms with Crippen molar-refractivity contribution >= 4 is 34.3 Å². The lowest BCUT2D eigenvalue weighted by Gasteiger charge is -2.48. The van der Waals surface area contributed by atoms with Gasteiger partial charge in [-0.2, -0.15) is 0 Å². The number of halogens is 1. The molecule has 0 radical (unpaired) electrons. The number of oxazole rings is 1. The van der Waals surface area contributed by atoms with Gasteiger partial charge in [-0.15, -0.1) is 0 Å². The zero-order valence-electron chi connectivity index (χ0n) is 24.4. The number of rotatable bonds is 6. The highest BCUT2D eigenvalue weighted by Gasteiger charge is 2.50. The second-order valence-electron chi connectivity index (χ2n) is 12.5. The van der Waals surface area contributed by atoms with Gasteiger partial charge in [0.15, 0.2) is 12.0 Å². The molecule has 1 saturated heterocycles. The summed E-state index contributed by atoms with van der Waals surface area (Å²) < 4.78 is 20.7. The molecule has 7 nitrogen and oxygen atoms in total. The van der Waals surface area contributed by atoms with Crippen molar-refractivity contribution in [1.82, 2.24) is 9.88 Å². The first-order chi connectivity index (χ1) is 21.0. The highest BCUT2D eigenvalue weighted by Crippen LogP contribution is 2.49. The summed E-state index contributed by atoms with van der Waals surface area (Å²) in [5.74, 6) is -1.38. The first kappa shape index (κ1) is 27.6. The van der Waals surface area contributed by atoms with E-state index < -0.39 is 17.8 Å². The van der Waals surface area contributed by atoms with Crippen LogP contribution in [0.3, 0.4) is 0 Å². The quantitative estimate of drug-likeness (QED) is 0.245. The Morgan fingerprint density at radius 1 is 0.953 bits per heavy atom. The number of hydrogen-bond donors (Lipinski definition) is 2. The number of carbonyl (C=O) groups is 2. The van der Waals surface area contributed by atoms with E-state index in [1.807, 2.05) is 29.2 Å². The summed E-state index contributed by atoms with van der Waals surface area (Å²) in [5.41, 5.74) is 4.53. The van der Waals surface area contributed by atoms with E-state index in [1.165, 1.54) is 38.1 Å². The molecule has 43 heavy (non-hydrogen) atoms. The van der Waals surface area contributed by atoms with Crippen LogP contribution in [0.2, 0.25) is 0 Å². The van der Waals surface area contributed by atoms with Crippen molar-refractivity contribution in [2.24, 2.45) is 11.8 Å². The van der Waals surface area contributed by atoms with Crippen LogP contribution in [0.15, 0.2) is 71.5 Å². The predicted octanol–water partition coefficient (Wildman–Crippen LogP) is 7.64. The molecule has 0 spiro atoms. The van der Waals surface area contributed by atoms with E-state index >= 15 is 4.39 Å². The molecule has 2 saturated carbocycles. The number of fused-ring (bicyclic) bond motifs is 2. The van der Waals surface area contributed by atoms with Crippen LogP contribution in [0.4, 0.5) is 15.8 Å². The number of piperidine rings is 1. The second-order valence-corrected chi connectivity index (χ2v) is 12.5. The van der Waals surface area contributed by atoms with Gasteiger partial charge >= 0.3 is 0 Å². The van der Waals surface area contributed by atoms with Crippen molar-refractivity contribution in [3.8, 4) is 0 Å². The summed E-state index contributed by atoms with van der Waals surface area (Å²) in [5, 5.41) is 6.74. The Morgan fingerprint density at radius 3 is 2.53 bits per heavy atom. The molecule has 222 valence electrons. The minimum absolute atomic E-state index is 0.0533. The normalized spacial score (nSPS) is 23.8. The number of nitrogens with zero attached hydrogens (tertiary/aromatic N) is 2. The summed E-state index contributed by atoms with van der Waals surface area (Å²) in [6.07, 6.45) is 9.62. The van der Waals surface area contributed by atoms with Crippen molar-refractivity contribution in [3.05, 3.63) is 89.6 Å². The maximum Gasteiger partial charge on any atom is 0.257 e. The largest absolute Gasteiger partial charge is 0.443 e. The molecule has 3 fully saturated rings. The summed E-state index contributed by atoms with van der Waals surface area (Å²) >= 11 is 0. The van der Waals surface area contributed by atoms with Crippen LogP contribution in [0.25, 0.3) is 11.1 Å². The van der Waals surface area contributed by atoms with Crippen molar-refractivity contribution in [2.75, 3.05) is 10.6 Å². The van der Waals surface area contributed by atoms with E-state index in [9.17, 15) is 9.59 Å². The van der Waals surface area contributed by atoms with Crippen molar-refractivity contribution in [1.29, 1.82) is 0 Å². The third-order valence-electron chi connectivity index (χ3n) is 9.80. The van der Waals surface area contributed by atoms with Crippen LogP contribution in [-0.2, 0) is 4.79 Å². The average Bonchev–Trinajstić information content (AvgIpc) is 3.78. The van der Waals surface area contributed by atoms with Gasteiger partial charge < -0.3 is 20.0 Å². The zero-order chi connectivity index (χ0) is 29.5. The molecule has 2 N–H and O–H groups in total. The van der Waals surface area contributed by atoms with E-state index in [2.05, 4.69) is 27.8 Å². The molecule has 1 aromatic heterocycles. The van der Waals surface area contributed by atoms with Gasteiger partial charge in [0.25, 0.3) is 5.91 Å². The van der Waals surface area contributed by atoms with Crippen LogP contribution < -0.4 is 10.6 Å². The highest BCUT2D eigenvalue weighted by molar-refractivity contribution is 5.99. The van der Waals surface area contributed by atoms with Gasteiger partial charge in [-0.1, -0.05) is 43.5 Å². The number of benzene rings is 3. The molecule has 3 aromatic carbocycles. The van der Waals surface area contributed by atoms with Gasteiger partial charge in [-0.3, -0.25) is 9.59 Å². The zero-order valence-corrected chi connectivity index (χ0v) is 24.4. The molecular formula is C35H37FN4O3. The van der Waals surface area contributed by atoms with Crippen LogP contribution in [0.5, 0.6) is 0 Å². The summed E-state index contributed by atoms with van der Waals surface area (Å²) in [6, 6.07) is 18.2. The molecule has 4 aromatic rings. The Morgan fingerprint density at radius 2 is 1.74 bits per heavy atom. The van der Waals surface area contributed by atoms with Gasteiger partial charge in [0.2, 0.25) is 5.91 Å². The van der Waals surface area contributed by atoms with Gasteiger partial charge in [0, 0.05) is 29.5 Å². The van der Waals surface area contributed by atoms with E-state index in [-0.39, 0.29) is 29.3 Å². The lowest BCUT2D eigenvalue weighted by Crippen LogP contribution is -2.54. The minimum Gasteiger partial charge on any atom is -0.443 e. The SMILES string of the molecule is Cc1cccc(F)c1C(=O)N1[C@@H]2CCC[C@@H]2C[C@H](C(=O)Nc2ccc3ncoc3c2)[C@@H]1c1ccc(NC2CCCC2)cc1. The monoisotopic (exact) mass is 580 g/mol. The van der Waals surface area contributed by atoms with Crippen LogP contribution >= 0.6 is 0 Å². The number of anilines is 2. The number of likely N-dealkylation sites (tertiary alicyclic amines) is 1. The van der Waals surface area contributed by atoms with E-state index in [1.54, 1.807) is 25.1 Å². The Hall–Kier alpha value is -4.20. The molecular weight excluding hydrogens is 543 g/mol. The predicted molar refractivity (Wildman–Crippen MR) is 164 cm³/mol. The molecule has 7 rings (SSSR count). The Labute approximate surface area is 250 Å². The van der Waals surface area contributed by atoms with Gasteiger partial charge in [0.05, 0.1) is 17.5 Å². The number of hydrogen-bond acceptors (Lipinski definition) is 5. The summed E-state index contributed by atoms with van der Waals surface area (Å²) in [6.45, 7) is 1.77. The van der Waals surface area contributed by atoms with Gasteiger partial charge in [0.1, 0.15) is 11.3 Å². The van der Waals surface area contributed by atoms with Crippen LogP contribution in [0, 0.1) is 24.6 Å². The fourth-order valence-corrected chi connectivity index (χ4v) is 7.72. The first-order valence-corrected chi connectivity index (χ1v) is 15.5. The molecule has 1 aliphatic heterocycles. The number of carbonyl (C=O) groups excluding carboxylic acids is 2. The summed E-state index contributed by atoms with van der Waals surface area (Å²) in [4.78, 5) is 34.6.